The van der Waals surface area contributed by atoms with Crippen molar-refractivity contribution in [1.82, 2.24) is 4.98 Å². The monoisotopic (exact) mass is 599 g/mol. The van der Waals surface area contributed by atoms with Crippen molar-refractivity contribution < 1.29 is 32.9 Å². The van der Waals surface area contributed by atoms with E-state index in [1.54, 1.807) is 61.5 Å². The van der Waals surface area contributed by atoms with E-state index in [9.17, 15) is 18.6 Å². The number of hydrogen-bond acceptors (Lipinski definition) is 8. The number of carbonyl (C=O) groups excluding carboxylic acids is 3. The number of esters is 1. The van der Waals surface area contributed by atoms with Gasteiger partial charge in [0.25, 0.3) is 11.8 Å². The molecule has 43 heavy (non-hydrogen) atoms. The number of amides is 2. The first kappa shape index (κ1) is 30.9. The van der Waals surface area contributed by atoms with Crippen LogP contribution < -0.4 is 5.32 Å². The number of ether oxygens (including phenoxy) is 1. The summed E-state index contributed by atoms with van der Waals surface area (Å²) in [6.45, 7) is 1.51. The number of furan rings is 1. The second kappa shape index (κ2) is 14.2. The van der Waals surface area contributed by atoms with Crippen molar-refractivity contribution in [3.63, 3.8) is 0 Å². The number of benzene rings is 2. The third-order valence-corrected chi connectivity index (χ3v) is 7.78. The number of nitrogens with zero attached hydrogens (tertiary/aromatic N) is 2. The number of aliphatic hydroxyl groups is 1. The summed E-state index contributed by atoms with van der Waals surface area (Å²) in [5, 5.41) is 11.5. The lowest BCUT2D eigenvalue weighted by molar-refractivity contribution is -0.144. The largest absolute Gasteiger partial charge is 0.463 e. The third-order valence-electron chi connectivity index (χ3n) is 6.12. The van der Waals surface area contributed by atoms with E-state index in [1.807, 2.05) is 0 Å². The highest BCUT2D eigenvalue weighted by Crippen LogP contribution is 2.17. The van der Waals surface area contributed by atoms with Gasteiger partial charge in [0.1, 0.15) is 6.61 Å². The van der Waals surface area contributed by atoms with Crippen molar-refractivity contribution in [1.29, 1.82) is 0 Å². The molecule has 0 aliphatic rings. The molecule has 220 valence electrons. The Morgan fingerprint density at radius 2 is 1.81 bits per heavy atom. The molecule has 0 aliphatic carbocycles. The summed E-state index contributed by atoms with van der Waals surface area (Å²) in [7, 11) is -3.07. The Balaban J connectivity index is 1.43. The van der Waals surface area contributed by atoms with Gasteiger partial charge in [0.2, 0.25) is 0 Å². The summed E-state index contributed by atoms with van der Waals surface area (Å²) in [5.74, 6) is 4.69. The highest BCUT2D eigenvalue weighted by molar-refractivity contribution is 7.93. The van der Waals surface area contributed by atoms with Gasteiger partial charge in [0.15, 0.2) is 5.76 Å². The van der Waals surface area contributed by atoms with Gasteiger partial charge in [-0.1, -0.05) is 30.0 Å². The quantitative estimate of drug-likeness (QED) is 0.213. The summed E-state index contributed by atoms with van der Waals surface area (Å²) >= 11 is 0. The normalized spacial score (nSPS) is 11.9. The molecule has 0 bridgehead atoms. The van der Waals surface area contributed by atoms with Crippen LogP contribution in [0.15, 0.2) is 93.0 Å². The number of anilines is 1. The van der Waals surface area contributed by atoms with Gasteiger partial charge in [-0.25, -0.2) is 4.21 Å². The van der Waals surface area contributed by atoms with Crippen LogP contribution in [0.4, 0.5) is 5.69 Å². The zero-order chi connectivity index (χ0) is 30.8. The number of pyridine rings is 1. The van der Waals surface area contributed by atoms with Crippen molar-refractivity contribution in [2.45, 2.75) is 24.7 Å². The maximum atomic E-state index is 13.3. The first-order chi connectivity index (χ1) is 20.6. The van der Waals surface area contributed by atoms with Gasteiger partial charge in [0.05, 0.1) is 28.2 Å². The number of aliphatic hydroxyl groups excluding tert-OH is 1. The number of carbonyl (C=O) groups is 3. The molecule has 10 nitrogen and oxygen atoms in total. The van der Waals surface area contributed by atoms with Crippen LogP contribution in [-0.4, -0.2) is 51.6 Å². The molecule has 1 unspecified atom stereocenters. The van der Waals surface area contributed by atoms with Crippen molar-refractivity contribution in [2.24, 2.45) is 4.36 Å². The van der Waals surface area contributed by atoms with E-state index in [0.717, 1.165) is 11.1 Å². The molecular weight excluding hydrogens is 570 g/mol. The molecule has 1 atom stereocenters. The average Bonchev–Trinajstić information content (AvgIpc) is 3.44. The molecule has 4 rings (SSSR count). The Bertz CT molecular complexity index is 1830. The van der Waals surface area contributed by atoms with Gasteiger partial charge in [-0.3, -0.25) is 19.4 Å². The fraction of sp³-hybridized carbons (Fsp3) is 0.188. The third kappa shape index (κ3) is 8.72. The maximum Gasteiger partial charge on any atom is 0.306 e. The van der Waals surface area contributed by atoms with Crippen LogP contribution in [0.25, 0.3) is 0 Å². The molecule has 0 saturated carbocycles. The molecule has 0 saturated heterocycles. The van der Waals surface area contributed by atoms with Crippen LogP contribution in [0.3, 0.4) is 0 Å². The standard InChI is InChI=1S/C32H29N3O7S/c1-22-14-16-42-30(22)32(39)34-27-5-3-4-24(19-27)6-7-25-18-26(21-33-20-25)31(38)35-43(2,40)28-11-8-23(9-12-28)10-13-29(37)41-17-15-36/h3-5,8-9,11-12,14,16,18-21,36H,10,13,15,17H2,1-2H3,(H,34,39). The number of rotatable bonds is 9. The number of aryl methyl sites for hydroxylation is 2. The lowest BCUT2D eigenvalue weighted by atomic mass is 10.1. The summed E-state index contributed by atoms with van der Waals surface area (Å²) in [5.41, 5.74) is 3.30. The topological polar surface area (TPSA) is 148 Å². The Morgan fingerprint density at radius 3 is 2.53 bits per heavy atom. The minimum atomic E-state index is -3.07. The molecule has 0 fully saturated rings. The van der Waals surface area contributed by atoms with E-state index in [1.165, 1.54) is 31.0 Å². The van der Waals surface area contributed by atoms with Crippen LogP contribution in [0.2, 0.25) is 0 Å². The fourth-order valence-corrected chi connectivity index (χ4v) is 5.06. The Labute approximate surface area is 249 Å². The highest BCUT2D eigenvalue weighted by atomic mass is 32.2. The van der Waals surface area contributed by atoms with Crippen molar-refractivity contribution in [2.75, 3.05) is 24.8 Å². The van der Waals surface area contributed by atoms with Crippen LogP contribution in [0.5, 0.6) is 0 Å². The molecule has 0 radical (unpaired) electrons. The number of nitrogens with one attached hydrogen (secondary N) is 1. The summed E-state index contributed by atoms with van der Waals surface area (Å²) in [6, 6.07) is 16.9. The highest BCUT2D eigenvalue weighted by Gasteiger charge is 2.14. The molecule has 0 spiro atoms. The van der Waals surface area contributed by atoms with Crippen molar-refractivity contribution in [3.8, 4) is 11.8 Å². The molecule has 2 aromatic heterocycles. The van der Waals surface area contributed by atoms with Gasteiger partial charge in [-0.05, 0) is 61.4 Å². The van der Waals surface area contributed by atoms with Crippen molar-refractivity contribution in [3.05, 3.63) is 113 Å². The Morgan fingerprint density at radius 1 is 1.05 bits per heavy atom. The van der Waals surface area contributed by atoms with E-state index in [4.69, 9.17) is 14.3 Å². The van der Waals surface area contributed by atoms with Gasteiger partial charge in [-0.2, -0.15) is 4.36 Å². The lowest BCUT2D eigenvalue weighted by Gasteiger charge is -2.07. The van der Waals surface area contributed by atoms with Crippen molar-refractivity contribution >= 4 is 33.2 Å². The molecule has 2 N–H and O–H groups in total. The van der Waals surface area contributed by atoms with Gasteiger partial charge >= 0.3 is 5.97 Å². The predicted molar refractivity (Wildman–Crippen MR) is 160 cm³/mol. The molecular formula is C32H29N3O7S. The number of aromatic nitrogens is 1. The predicted octanol–water partition coefficient (Wildman–Crippen LogP) is 4.40. The molecule has 2 heterocycles. The Kier molecular flexibility index (Phi) is 10.2. The van der Waals surface area contributed by atoms with Gasteiger partial charge in [-0.15, -0.1) is 0 Å². The van der Waals surface area contributed by atoms with E-state index in [0.29, 0.717) is 28.1 Å². The zero-order valence-electron chi connectivity index (χ0n) is 23.5. The van der Waals surface area contributed by atoms with E-state index < -0.39 is 21.6 Å². The average molecular weight is 600 g/mol. The SMILES string of the molecule is Cc1ccoc1C(=O)Nc1cccc(C#Cc2cncc(C(=O)N=S(C)(=O)c3ccc(CCC(=O)OCCO)cc3)c2)c1. The van der Waals surface area contributed by atoms with Crippen LogP contribution in [-0.2, 0) is 25.7 Å². The van der Waals surface area contributed by atoms with Crippen LogP contribution >= 0.6 is 0 Å². The van der Waals surface area contributed by atoms with E-state index >= 15 is 0 Å². The Hall–Kier alpha value is -5.05. The van der Waals surface area contributed by atoms with Crippen LogP contribution in [0, 0.1) is 18.8 Å². The molecule has 2 aromatic carbocycles. The summed E-state index contributed by atoms with van der Waals surface area (Å²) < 4.78 is 27.3. The first-order valence-electron chi connectivity index (χ1n) is 13.2. The van der Waals surface area contributed by atoms with E-state index in [-0.39, 0.29) is 36.9 Å². The molecule has 11 heteroatoms. The molecule has 2 amide bonds. The fourth-order valence-electron chi connectivity index (χ4n) is 3.89. The zero-order valence-corrected chi connectivity index (χ0v) is 24.3. The van der Waals surface area contributed by atoms with E-state index in [2.05, 4.69) is 26.5 Å². The van der Waals surface area contributed by atoms with Crippen LogP contribution in [0.1, 0.15) is 49.6 Å². The summed E-state index contributed by atoms with van der Waals surface area (Å²) in [4.78, 5) is 41.4. The first-order valence-corrected chi connectivity index (χ1v) is 15.1. The second-order valence-corrected chi connectivity index (χ2v) is 11.7. The summed E-state index contributed by atoms with van der Waals surface area (Å²) in [6.07, 6.45) is 6.21. The minimum Gasteiger partial charge on any atom is -0.463 e. The maximum absolute atomic E-state index is 13.3. The molecule has 4 aromatic rings. The van der Waals surface area contributed by atoms with Gasteiger partial charge in [0, 0.05) is 52.3 Å². The minimum absolute atomic E-state index is 0.0432. The van der Waals surface area contributed by atoms with Gasteiger partial charge < -0.3 is 19.6 Å². The smallest absolute Gasteiger partial charge is 0.306 e. The number of hydrogen-bond donors (Lipinski definition) is 2. The lowest BCUT2D eigenvalue weighted by Crippen LogP contribution is -2.12. The second-order valence-electron chi connectivity index (χ2n) is 9.47. The molecule has 0 aliphatic heterocycles.